The zero-order valence-electron chi connectivity index (χ0n) is 6.82. The van der Waals surface area contributed by atoms with Crippen LogP contribution in [0.15, 0.2) is 6.33 Å². The largest absolute Gasteiger partial charge is 0.318 e. The summed E-state index contributed by atoms with van der Waals surface area (Å²) >= 11 is 5.83. The first kappa shape index (κ1) is 8.02. The van der Waals surface area contributed by atoms with E-state index in [0.717, 1.165) is 0 Å². The highest BCUT2D eigenvalue weighted by Crippen LogP contribution is 2.17. The summed E-state index contributed by atoms with van der Waals surface area (Å²) in [4.78, 5) is 12.0. The molecule has 2 heterocycles. The number of hydrogen-bond donors (Lipinski definition) is 0. The van der Waals surface area contributed by atoms with Gasteiger partial charge in [-0.3, -0.25) is 0 Å². The van der Waals surface area contributed by atoms with Crippen LogP contribution in [0.25, 0.3) is 11.2 Å². The van der Waals surface area contributed by atoms with Crippen LogP contribution < -0.4 is 0 Å². The van der Waals surface area contributed by atoms with Gasteiger partial charge in [-0.05, 0) is 5.92 Å². The fourth-order valence-corrected chi connectivity index (χ4v) is 1.25. The lowest BCUT2D eigenvalue weighted by molar-refractivity contribution is 0.926. The molecule has 0 saturated heterocycles. The highest BCUT2D eigenvalue weighted by Gasteiger charge is 2.08. The Kier molecular flexibility index (Phi) is 1.67. The Labute approximate surface area is 79.6 Å². The minimum absolute atomic E-state index is 0.279. The Morgan fingerprint density at radius 2 is 2.31 bits per heavy atom. The molecule has 0 unspecified atom stereocenters. The van der Waals surface area contributed by atoms with E-state index in [-0.39, 0.29) is 5.82 Å². The van der Waals surface area contributed by atoms with Gasteiger partial charge in [-0.15, -0.1) is 6.42 Å². The van der Waals surface area contributed by atoms with Crippen molar-refractivity contribution in [3.63, 3.8) is 0 Å². The Morgan fingerprint density at radius 1 is 1.54 bits per heavy atom. The molecule has 0 saturated carbocycles. The molecule has 2 aromatic rings. The van der Waals surface area contributed by atoms with Gasteiger partial charge in [-0.25, -0.2) is 15.0 Å². The third-order valence-corrected chi connectivity index (χ3v) is 1.91. The van der Waals surface area contributed by atoms with Gasteiger partial charge in [0.2, 0.25) is 5.82 Å². The number of terminal acetylenes is 1. The number of fused-ring (bicyclic) bond motifs is 1. The number of halogens is 1. The van der Waals surface area contributed by atoms with Crippen molar-refractivity contribution in [2.45, 2.75) is 0 Å². The van der Waals surface area contributed by atoms with Gasteiger partial charge in [0.05, 0.1) is 6.33 Å². The van der Waals surface area contributed by atoms with E-state index >= 15 is 0 Å². The zero-order chi connectivity index (χ0) is 9.42. The Morgan fingerprint density at radius 3 is 3.00 bits per heavy atom. The third kappa shape index (κ3) is 1.14. The highest BCUT2D eigenvalue weighted by atomic mass is 35.5. The molecule has 0 bridgehead atoms. The van der Waals surface area contributed by atoms with Crippen molar-refractivity contribution in [2.75, 3.05) is 0 Å². The molecule has 13 heavy (non-hydrogen) atoms. The quantitative estimate of drug-likeness (QED) is 0.462. The fourth-order valence-electron chi connectivity index (χ4n) is 1.04. The van der Waals surface area contributed by atoms with E-state index in [2.05, 4.69) is 20.9 Å². The van der Waals surface area contributed by atoms with Crippen molar-refractivity contribution in [1.29, 1.82) is 0 Å². The first-order valence-corrected chi connectivity index (χ1v) is 3.91. The van der Waals surface area contributed by atoms with Gasteiger partial charge >= 0.3 is 0 Å². The molecule has 64 valence electrons. The molecule has 2 aromatic heterocycles. The molecule has 0 radical (unpaired) electrons. The normalized spacial score (nSPS) is 10.2. The Bertz CT molecular complexity index is 509. The smallest absolute Gasteiger partial charge is 0.208 e. The molecule has 0 N–H and O–H groups in total. The minimum atomic E-state index is 0.279. The molecule has 0 aliphatic heterocycles. The van der Waals surface area contributed by atoms with Crippen LogP contribution in [0, 0.1) is 12.3 Å². The van der Waals surface area contributed by atoms with Crippen molar-refractivity contribution in [3.05, 3.63) is 17.3 Å². The lowest BCUT2D eigenvalue weighted by Crippen LogP contribution is -1.94. The predicted molar refractivity (Wildman–Crippen MR) is 49.2 cm³/mol. The van der Waals surface area contributed by atoms with Crippen LogP contribution >= 0.6 is 11.6 Å². The number of aryl methyl sites for hydroxylation is 1. The molecule has 4 nitrogen and oxygen atoms in total. The highest BCUT2D eigenvalue weighted by molar-refractivity contribution is 6.33. The van der Waals surface area contributed by atoms with Crippen molar-refractivity contribution in [3.8, 4) is 12.3 Å². The van der Waals surface area contributed by atoms with E-state index in [1.54, 1.807) is 10.9 Å². The molecule has 0 amide bonds. The molecular formula is C8H5ClN4. The van der Waals surface area contributed by atoms with Crippen LogP contribution in [-0.2, 0) is 7.05 Å². The van der Waals surface area contributed by atoms with Gasteiger partial charge in [0, 0.05) is 7.05 Å². The van der Waals surface area contributed by atoms with E-state index in [4.69, 9.17) is 18.0 Å². The Balaban J connectivity index is 2.90. The minimum Gasteiger partial charge on any atom is -0.318 e. The topological polar surface area (TPSA) is 43.6 Å². The molecule has 2 rings (SSSR count). The number of hydrogen-bond acceptors (Lipinski definition) is 3. The van der Waals surface area contributed by atoms with Gasteiger partial charge in [0.25, 0.3) is 0 Å². The van der Waals surface area contributed by atoms with E-state index < -0.39 is 0 Å². The van der Waals surface area contributed by atoms with Crippen molar-refractivity contribution in [2.24, 2.45) is 7.05 Å². The summed E-state index contributed by atoms with van der Waals surface area (Å²) in [6.07, 6.45) is 6.78. The molecule has 0 aliphatic carbocycles. The Hall–Kier alpha value is -1.60. The molecule has 0 aromatic carbocycles. The predicted octanol–water partition coefficient (Wildman–Crippen LogP) is 0.998. The van der Waals surface area contributed by atoms with Gasteiger partial charge in [-0.2, -0.15) is 0 Å². The standard InChI is InChI=1S/C8H5ClN4/c1-3-5-11-7(9)6-8(12-5)13(2)4-10-6/h1,4H,2H3. The molecule has 0 aliphatic rings. The molecule has 5 heteroatoms. The summed E-state index contributed by atoms with van der Waals surface area (Å²) in [5.41, 5.74) is 1.22. The van der Waals surface area contributed by atoms with Crippen LogP contribution in [0.3, 0.4) is 0 Å². The summed E-state index contributed by atoms with van der Waals surface area (Å²) in [5, 5.41) is 0.290. The summed E-state index contributed by atoms with van der Waals surface area (Å²) < 4.78 is 1.74. The second-order valence-corrected chi connectivity index (χ2v) is 2.87. The number of rotatable bonds is 0. The second kappa shape index (κ2) is 2.71. The van der Waals surface area contributed by atoms with Crippen molar-refractivity contribution < 1.29 is 0 Å². The van der Waals surface area contributed by atoms with Crippen LogP contribution in [0.5, 0.6) is 0 Å². The van der Waals surface area contributed by atoms with E-state index in [0.29, 0.717) is 16.3 Å². The molecule has 0 spiro atoms. The van der Waals surface area contributed by atoms with Crippen LogP contribution in [0.4, 0.5) is 0 Å². The summed E-state index contributed by atoms with van der Waals surface area (Å²) in [6.45, 7) is 0. The summed E-state index contributed by atoms with van der Waals surface area (Å²) in [6, 6.07) is 0. The third-order valence-electron chi connectivity index (χ3n) is 1.65. The van der Waals surface area contributed by atoms with E-state index in [1.807, 2.05) is 7.05 Å². The van der Waals surface area contributed by atoms with E-state index in [9.17, 15) is 0 Å². The second-order valence-electron chi connectivity index (χ2n) is 2.51. The number of nitrogens with zero attached hydrogens (tertiary/aromatic N) is 4. The maximum Gasteiger partial charge on any atom is 0.208 e. The van der Waals surface area contributed by atoms with Crippen LogP contribution in [0.2, 0.25) is 5.15 Å². The van der Waals surface area contributed by atoms with Gasteiger partial charge in [-0.1, -0.05) is 11.6 Å². The average Bonchev–Trinajstić information content (AvgIpc) is 2.48. The number of aromatic nitrogens is 4. The van der Waals surface area contributed by atoms with Crippen molar-refractivity contribution >= 4 is 22.8 Å². The monoisotopic (exact) mass is 192 g/mol. The first-order valence-electron chi connectivity index (χ1n) is 3.53. The zero-order valence-corrected chi connectivity index (χ0v) is 7.58. The average molecular weight is 193 g/mol. The SMILES string of the molecule is C#Cc1nc(Cl)c2ncn(C)c2n1. The molecular weight excluding hydrogens is 188 g/mol. The first-order chi connectivity index (χ1) is 6.22. The summed E-state index contributed by atoms with van der Waals surface area (Å²) in [7, 11) is 1.82. The maximum atomic E-state index is 5.83. The molecule has 0 fully saturated rings. The lowest BCUT2D eigenvalue weighted by Gasteiger charge is -1.95. The maximum absolute atomic E-state index is 5.83. The lowest BCUT2D eigenvalue weighted by atomic mass is 10.5. The van der Waals surface area contributed by atoms with Crippen LogP contribution in [-0.4, -0.2) is 19.5 Å². The van der Waals surface area contributed by atoms with Gasteiger partial charge in [0.15, 0.2) is 10.8 Å². The fraction of sp³-hybridized carbons (Fsp3) is 0.125. The summed E-state index contributed by atoms with van der Waals surface area (Å²) in [5.74, 6) is 2.61. The number of imidazole rings is 1. The van der Waals surface area contributed by atoms with Gasteiger partial charge in [0.1, 0.15) is 5.52 Å². The molecule has 0 atom stereocenters. The van der Waals surface area contributed by atoms with E-state index in [1.165, 1.54) is 0 Å². The van der Waals surface area contributed by atoms with Crippen LogP contribution in [0.1, 0.15) is 5.82 Å². The van der Waals surface area contributed by atoms with Crippen molar-refractivity contribution in [1.82, 2.24) is 19.5 Å². The van der Waals surface area contributed by atoms with Gasteiger partial charge < -0.3 is 4.57 Å².